The number of imide groups is 2. The van der Waals surface area contributed by atoms with Crippen molar-refractivity contribution in [3.8, 4) is 0 Å². The van der Waals surface area contributed by atoms with Crippen LogP contribution in [0.15, 0.2) is 136 Å². The topological polar surface area (TPSA) is 209 Å². The first-order chi connectivity index (χ1) is 40.4. The van der Waals surface area contributed by atoms with E-state index in [1.54, 1.807) is 30.3 Å². The van der Waals surface area contributed by atoms with Gasteiger partial charge in [-0.3, -0.25) is 34.3 Å². The second-order valence-electron chi connectivity index (χ2n) is 22.7. The Morgan fingerprint density at radius 1 is 0.741 bits per heavy atom. The van der Waals surface area contributed by atoms with Crippen molar-refractivity contribution in [2.24, 2.45) is 5.41 Å². The fourth-order valence-corrected chi connectivity index (χ4v) is 14.6. The molecule has 0 radical (unpaired) electrons. The fourth-order valence-electron chi connectivity index (χ4n) is 11.4. The lowest BCUT2D eigenvalue weighted by Gasteiger charge is -2.39. The van der Waals surface area contributed by atoms with Gasteiger partial charge in [0.25, 0.3) is 37.6 Å². The van der Waals surface area contributed by atoms with Crippen LogP contribution in [-0.4, -0.2) is 161 Å². The van der Waals surface area contributed by atoms with Gasteiger partial charge in [-0.15, -0.1) is 11.8 Å². The maximum absolute atomic E-state index is 14.5. The number of benzene rings is 5. The molecular formula is C60H65ClF3N9O9S3. The fraction of sp³-hybridized carbons (Fsp3) is 0.383. The van der Waals surface area contributed by atoms with Crippen LogP contribution < -0.4 is 20.3 Å². The van der Waals surface area contributed by atoms with Crippen LogP contribution in [0.3, 0.4) is 0 Å². The summed E-state index contributed by atoms with van der Waals surface area (Å²) in [5, 5.41) is 7.52. The number of alkyl halides is 3. The summed E-state index contributed by atoms with van der Waals surface area (Å²) in [5.74, 6) is -2.62. The number of nitrogens with one attached hydrogen (secondary N) is 3. The smallest absolute Gasteiger partial charge is 0.380 e. The second-order valence-corrected chi connectivity index (χ2v) is 27.8. The van der Waals surface area contributed by atoms with E-state index in [1.165, 1.54) is 40.6 Å². The third-order valence-corrected chi connectivity index (χ3v) is 20.4. The quantitative estimate of drug-likeness (QED) is 0.0521. The number of amides is 6. The number of sulfone groups is 1. The first-order valence-electron chi connectivity index (χ1n) is 28.0. The molecule has 3 fully saturated rings. The number of hydrogen-bond donors (Lipinski definition) is 3. The van der Waals surface area contributed by atoms with Crippen molar-refractivity contribution in [1.82, 2.24) is 34.8 Å². The van der Waals surface area contributed by atoms with Crippen LogP contribution in [-0.2, 0) is 31.2 Å². The molecule has 6 amide bonds. The molecule has 5 aromatic carbocycles. The van der Waals surface area contributed by atoms with E-state index in [1.807, 2.05) is 47.2 Å². The molecular weight excluding hydrogens is 1180 g/mol. The number of thioether (sulfide) groups is 1. The third-order valence-electron chi connectivity index (χ3n) is 16.2. The zero-order valence-corrected chi connectivity index (χ0v) is 50.1. The molecule has 0 aromatic heterocycles. The molecule has 85 heavy (non-hydrogen) atoms. The molecule has 450 valence electrons. The second kappa shape index (κ2) is 25.3. The van der Waals surface area contributed by atoms with Crippen molar-refractivity contribution >= 4 is 89.8 Å². The number of carbonyl (C=O) groups excluding carboxylic acids is 5. The Morgan fingerprint density at radius 2 is 1.40 bits per heavy atom. The molecule has 4 heterocycles. The van der Waals surface area contributed by atoms with Crippen molar-refractivity contribution in [2.75, 3.05) is 88.0 Å². The lowest BCUT2D eigenvalue weighted by atomic mass is 9.73. The average molecular weight is 1240 g/mol. The summed E-state index contributed by atoms with van der Waals surface area (Å²) in [6, 6.07) is 29.4. The Labute approximate surface area is 501 Å². The van der Waals surface area contributed by atoms with Crippen LogP contribution in [0, 0.1) is 5.41 Å². The SMILES string of the molecule is CC1(C)CCC(c2ccc(Cl)cc2)=C(CN2CCN(c3ccc(C(=O)NS(=O)(=O)c4ccc(N[C@H](CCN5CCN(Cc6ccc7c(c6)C(=O)N(N6CCC(=O)NC6=O)C7=O)CC5)CSc5ccccc5)c(S(=O)(=O)C(F)(F)F)c4)cc3)CC2)C1. The minimum atomic E-state index is -6.16. The number of hydrogen-bond acceptors (Lipinski definition) is 15. The highest BCUT2D eigenvalue weighted by Gasteiger charge is 2.49. The molecule has 3 saturated heterocycles. The molecule has 1 atom stereocenters. The minimum absolute atomic E-state index is 0.0372. The molecule has 10 rings (SSSR count). The van der Waals surface area contributed by atoms with Gasteiger partial charge in [-0.25, -0.2) is 31.4 Å². The number of sulfonamides is 1. The summed E-state index contributed by atoms with van der Waals surface area (Å²) >= 11 is 7.61. The summed E-state index contributed by atoms with van der Waals surface area (Å²) in [4.78, 5) is 71.9. The van der Waals surface area contributed by atoms with E-state index in [-0.39, 0.29) is 40.8 Å². The van der Waals surface area contributed by atoms with Gasteiger partial charge in [0.2, 0.25) is 5.91 Å². The number of carbonyl (C=O) groups is 5. The number of anilines is 2. The summed E-state index contributed by atoms with van der Waals surface area (Å²) in [5.41, 5.74) is -0.263. The van der Waals surface area contributed by atoms with Gasteiger partial charge in [0.05, 0.1) is 28.3 Å². The van der Waals surface area contributed by atoms with Crippen molar-refractivity contribution < 1.29 is 54.0 Å². The van der Waals surface area contributed by atoms with Crippen LogP contribution in [0.1, 0.15) is 88.2 Å². The van der Waals surface area contributed by atoms with Crippen molar-refractivity contribution in [3.63, 3.8) is 0 Å². The molecule has 0 bridgehead atoms. The van der Waals surface area contributed by atoms with E-state index in [9.17, 15) is 54.0 Å². The lowest BCUT2D eigenvalue weighted by molar-refractivity contribution is -0.122. The summed E-state index contributed by atoms with van der Waals surface area (Å²) in [7, 11) is -11.1. The number of piperazine rings is 2. The van der Waals surface area contributed by atoms with Crippen LogP contribution in [0.4, 0.5) is 29.3 Å². The molecule has 18 nitrogen and oxygen atoms in total. The zero-order valence-electron chi connectivity index (χ0n) is 46.9. The number of rotatable bonds is 19. The van der Waals surface area contributed by atoms with E-state index >= 15 is 0 Å². The number of urea groups is 1. The number of halogens is 4. The van der Waals surface area contributed by atoms with Crippen molar-refractivity contribution in [3.05, 3.63) is 154 Å². The third kappa shape index (κ3) is 14.2. The maximum atomic E-state index is 14.5. The normalized spacial score (nSPS) is 18.8. The van der Waals surface area contributed by atoms with Gasteiger partial charge in [0, 0.05) is 111 Å². The average Bonchev–Trinajstić information content (AvgIpc) is 2.66. The number of hydrazine groups is 1. The van der Waals surface area contributed by atoms with Crippen LogP contribution in [0.25, 0.3) is 5.57 Å². The van der Waals surface area contributed by atoms with Gasteiger partial charge in [-0.2, -0.15) is 18.2 Å². The van der Waals surface area contributed by atoms with Gasteiger partial charge in [0.15, 0.2) is 0 Å². The highest BCUT2D eigenvalue weighted by Crippen LogP contribution is 2.43. The van der Waals surface area contributed by atoms with E-state index in [0.29, 0.717) is 69.9 Å². The number of nitrogens with zero attached hydrogens (tertiary/aromatic N) is 6. The number of allylic oxidation sites excluding steroid dienone is 1. The summed E-state index contributed by atoms with van der Waals surface area (Å²) in [6.45, 7) is 11.6. The Kier molecular flexibility index (Phi) is 18.2. The van der Waals surface area contributed by atoms with Crippen LogP contribution in [0.2, 0.25) is 5.02 Å². The minimum Gasteiger partial charge on any atom is -0.380 e. The Hall–Kier alpha value is -6.80. The molecule has 4 aliphatic heterocycles. The highest BCUT2D eigenvalue weighted by molar-refractivity contribution is 7.99. The van der Waals surface area contributed by atoms with E-state index in [4.69, 9.17) is 11.6 Å². The van der Waals surface area contributed by atoms with E-state index in [0.717, 1.165) is 77.2 Å². The summed E-state index contributed by atoms with van der Waals surface area (Å²) in [6.07, 6.45) is 3.36. The molecule has 25 heteroatoms. The van der Waals surface area contributed by atoms with Crippen LogP contribution >= 0.6 is 23.4 Å². The Morgan fingerprint density at radius 3 is 2.08 bits per heavy atom. The van der Waals surface area contributed by atoms with Crippen molar-refractivity contribution in [1.29, 1.82) is 0 Å². The van der Waals surface area contributed by atoms with Gasteiger partial charge in [0.1, 0.15) is 4.90 Å². The predicted octanol–water partition coefficient (Wildman–Crippen LogP) is 8.77. The first-order valence-corrected chi connectivity index (χ1v) is 32.3. The standard InChI is InChI=1S/C60H65ClF3N9O9S3/c1-59(2)23-20-49(41-9-13-44(61)14-10-41)43(36-59)38-70-30-32-71(33-31-70)46-15-11-42(12-16-46)55(75)67-85(81,82)48-17-19-52(53(35-48)84(79,80)60(62,63)64)65-45(39-83-47-6-4-3-5-7-47)21-24-68-26-28-69(29-27-68)37-40-8-18-50-51(34-40)57(77)73(56(50)76)72-25-22-54(74)66-58(72)78/h3-19,34-35,45,65H,20-33,36-39H2,1-2H3,(H,67,75)(H,66,74,78)/t45-/m1/s1. The first kappa shape index (κ1) is 61.3. The largest absolute Gasteiger partial charge is 0.501 e. The van der Waals surface area contributed by atoms with Crippen molar-refractivity contribution in [2.45, 2.75) is 78.7 Å². The predicted molar refractivity (Wildman–Crippen MR) is 318 cm³/mol. The number of fused-ring (bicyclic) bond motifs is 1. The molecule has 0 spiro atoms. The van der Waals surface area contributed by atoms with E-state index < -0.39 is 76.5 Å². The Balaban J connectivity index is 0.769. The molecule has 1 aliphatic carbocycles. The molecule has 5 aromatic rings. The lowest BCUT2D eigenvalue weighted by Crippen LogP contribution is -2.58. The van der Waals surface area contributed by atoms with Crippen LogP contribution in [0.5, 0.6) is 0 Å². The van der Waals surface area contributed by atoms with Gasteiger partial charge < -0.3 is 15.1 Å². The molecule has 3 N–H and O–H groups in total. The summed E-state index contributed by atoms with van der Waals surface area (Å²) < 4.78 is 99.8. The van der Waals surface area contributed by atoms with E-state index in [2.05, 4.69) is 56.2 Å². The Bertz CT molecular complexity index is 3640. The highest BCUT2D eigenvalue weighted by atomic mass is 35.5. The molecule has 5 aliphatic rings. The monoisotopic (exact) mass is 1240 g/mol. The van der Waals surface area contributed by atoms with Gasteiger partial charge in [-0.1, -0.05) is 67.4 Å². The molecule has 0 saturated carbocycles. The zero-order chi connectivity index (χ0) is 60.4. The molecule has 0 unspecified atom stereocenters. The maximum Gasteiger partial charge on any atom is 0.501 e. The van der Waals surface area contributed by atoms with Gasteiger partial charge in [-0.05, 0) is 127 Å². The van der Waals surface area contributed by atoms with Gasteiger partial charge >= 0.3 is 11.5 Å².